The predicted octanol–water partition coefficient (Wildman–Crippen LogP) is 5.41. The summed E-state index contributed by atoms with van der Waals surface area (Å²) < 4.78 is 0. The largest absolute Gasteiger partial charge is 0.311 e. The van der Waals surface area contributed by atoms with Crippen LogP contribution < -0.4 is 5.32 Å². The summed E-state index contributed by atoms with van der Waals surface area (Å²) in [6.07, 6.45) is 14.4. The molecular weight excluding hydrogens is 274 g/mol. The van der Waals surface area contributed by atoms with E-state index in [1.807, 2.05) is 11.3 Å². The van der Waals surface area contributed by atoms with Crippen LogP contribution in [0.15, 0.2) is 16.8 Å². The van der Waals surface area contributed by atoms with Gasteiger partial charge in [0.25, 0.3) is 0 Å². The Morgan fingerprint density at radius 3 is 2.62 bits per heavy atom. The molecule has 0 radical (unpaired) electrons. The molecule has 0 bridgehead atoms. The van der Waals surface area contributed by atoms with Crippen LogP contribution in [0.25, 0.3) is 0 Å². The van der Waals surface area contributed by atoms with Crippen LogP contribution in [-0.4, -0.2) is 12.1 Å². The minimum Gasteiger partial charge on any atom is -0.311 e. The van der Waals surface area contributed by atoms with Gasteiger partial charge >= 0.3 is 0 Å². The van der Waals surface area contributed by atoms with Crippen LogP contribution in [0, 0.1) is 11.8 Å². The molecule has 118 valence electrons. The van der Waals surface area contributed by atoms with Gasteiger partial charge < -0.3 is 5.32 Å². The zero-order valence-corrected chi connectivity index (χ0v) is 14.3. The molecule has 2 saturated carbocycles. The maximum atomic E-state index is 4.01. The zero-order valence-electron chi connectivity index (χ0n) is 13.5. The quantitative estimate of drug-likeness (QED) is 0.767. The van der Waals surface area contributed by atoms with E-state index < -0.39 is 0 Å². The number of thiophene rings is 1. The molecule has 2 aliphatic rings. The van der Waals surface area contributed by atoms with Gasteiger partial charge in [-0.1, -0.05) is 44.9 Å². The van der Waals surface area contributed by atoms with Crippen molar-refractivity contribution in [3.05, 3.63) is 22.4 Å². The lowest BCUT2D eigenvalue weighted by Gasteiger charge is -2.40. The molecule has 1 nitrogen and oxygen atoms in total. The van der Waals surface area contributed by atoms with Gasteiger partial charge in [0.2, 0.25) is 0 Å². The van der Waals surface area contributed by atoms with E-state index in [2.05, 4.69) is 29.1 Å². The highest BCUT2D eigenvalue weighted by Crippen LogP contribution is 2.38. The van der Waals surface area contributed by atoms with E-state index >= 15 is 0 Å². The van der Waals surface area contributed by atoms with Crippen LogP contribution in [-0.2, 0) is 6.42 Å². The Bertz CT molecular complexity index is 394. The number of hydrogen-bond donors (Lipinski definition) is 1. The SMILES string of the molecule is CC(Cc1ccsc1)NC1CCCCC1C1CCCCC1. The molecule has 2 aliphatic carbocycles. The van der Waals surface area contributed by atoms with Gasteiger partial charge in [0, 0.05) is 12.1 Å². The summed E-state index contributed by atoms with van der Waals surface area (Å²) in [5, 5.41) is 8.51. The highest BCUT2D eigenvalue weighted by Gasteiger charge is 2.32. The Morgan fingerprint density at radius 1 is 1.10 bits per heavy atom. The van der Waals surface area contributed by atoms with E-state index in [0.29, 0.717) is 6.04 Å². The average molecular weight is 306 g/mol. The van der Waals surface area contributed by atoms with Crippen molar-refractivity contribution in [3.8, 4) is 0 Å². The minimum atomic E-state index is 0.619. The standard InChI is InChI=1S/C19H31NS/c1-15(13-16-11-12-21-14-16)20-19-10-6-5-9-18(19)17-7-3-2-4-8-17/h11-12,14-15,17-20H,2-10,13H2,1H3. The van der Waals surface area contributed by atoms with Crippen molar-refractivity contribution in [2.45, 2.75) is 83.2 Å². The highest BCUT2D eigenvalue weighted by atomic mass is 32.1. The lowest BCUT2D eigenvalue weighted by molar-refractivity contribution is 0.143. The third-order valence-corrected chi connectivity index (χ3v) is 6.43. The number of hydrogen-bond acceptors (Lipinski definition) is 2. The number of rotatable bonds is 5. The first-order valence-corrected chi connectivity index (χ1v) is 10.0. The average Bonchev–Trinajstić information content (AvgIpc) is 3.01. The summed E-state index contributed by atoms with van der Waals surface area (Å²) in [4.78, 5) is 0. The van der Waals surface area contributed by atoms with E-state index in [0.717, 1.165) is 17.9 Å². The molecule has 0 saturated heterocycles. The Morgan fingerprint density at radius 2 is 1.86 bits per heavy atom. The molecule has 2 heteroatoms. The van der Waals surface area contributed by atoms with Crippen LogP contribution in [0.2, 0.25) is 0 Å². The van der Waals surface area contributed by atoms with Gasteiger partial charge in [0.05, 0.1) is 0 Å². The second-order valence-electron chi connectivity index (χ2n) is 7.36. The molecule has 3 atom stereocenters. The molecule has 1 aromatic heterocycles. The maximum Gasteiger partial charge on any atom is 0.0101 e. The van der Waals surface area contributed by atoms with Crippen LogP contribution in [0.3, 0.4) is 0 Å². The molecule has 0 spiro atoms. The summed E-state index contributed by atoms with van der Waals surface area (Å²) in [5.74, 6) is 1.98. The van der Waals surface area contributed by atoms with Gasteiger partial charge in [-0.2, -0.15) is 11.3 Å². The van der Waals surface area contributed by atoms with Crippen molar-refractivity contribution in [2.75, 3.05) is 0 Å². The predicted molar refractivity (Wildman–Crippen MR) is 92.9 cm³/mol. The normalized spacial score (nSPS) is 29.4. The summed E-state index contributed by atoms with van der Waals surface area (Å²) in [6.45, 7) is 2.38. The van der Waals surface area contributed by atoms with Crippen molar-refractivity contribution in [2.24, 2.45) is 11.8 Å². The summed E-state index contributed by atoms with van der Waals surface area (Å²) in [7, 11) is 0. The zero-order chi connectivity index (χ0) is 14.5. The Kier molecular flexibility index (Phi) is 5.76. The first kappa shape index (κ1) is 15.6. The van der Waals surface area contributed by atoms with Gasteiger partial charge in [-0.3, -0.25) is 0 Å². The van der Waals surface area contributed by atoms with Crippen molar-refractivity contribution < 1.29 is 0 Å². The molecule has 1 aromatic rings. The third kappa shape index (κ3) is 4.32. The fourth-order valence-electron chi connectivity index (χ4n) is 4.68. The van der Waals surface area contributed by atoms with E-state index in [1.165, 1.54) is 69.8 Å². The maximum absolute atomic E-state index is 4.01. The van der Waals surface area contributed by atoms with Crippen LogP contribution in [0.1, 0.15) is 70.3 Å². The Labute approximate surface area is 134 Å². The van der Waals surface area contributed by atoms with E-state index in [4.69, 9.17) is 0 Å². The second kappa shape index (κ2) is 7.78. The Hall–Kier alpha value is -0.340. The van der Waals surface area contributed by atoms with Crippen molar-refractivity contribution in [3.63, 3.8) is 0 Å². The molecule has 0 aliphatic heterocycles. The van der Waals surface area contributed by atoms with Gasteiger partial charge in [0.15, 0.2) is 0 Å². The first-order chi connectivity index (χ1) is 10.3. The van der Waals surface area contributed by atoms with Gasteiger partial charge in [-0.25, -0.2) is 0 Å². The van der Waals surface area contributed by atoms with E-state index in [1.54, 1.807) is 0 Å². The van der Waals surface area contributed by atoms with Crippen LogP contribution >= 0.6 is 11.3 Å². The third-order valence-electron chi connectivity index (χ3n) is 5.70. The Balaban J connectivity index is 1.55. The first-order valence-electron chi connectivity index (χ1n) is 9.10. The smallest absolute Gasteiger partial charge is 0.0101 e. The summed E-state index contributed by atoms with van der Waals surface area (Å²) >= 11 is 1.82. The molecule has 3 unspecified atom stereocenters. The molecule has 3 rings (SSSR count). The van der Waals surface area contributed by atoms with Gasteiger partial charge in [-0.05, 0) is 60.4 Å². The van der Waals surface area contributed by atoms with Crippen LogP contribution in [0.4, 0.5) is 0 Å². The fourth-order valence-corrected chi connectivity index (χ4v) is 5.36. The molecule has 0 amide bonds. The van der Waals surface area contributed by atoms with Crippen molar-refractivity contribution in [1.29, 1.82) is 0 Å². The van der Waals surface area contributed by atoms with Crippen LogP contribution in [0.5, 0.6) is 0 Å². The molecule has 2 fully saturated rings. The van der Waals surface area contributed by atoms with E-state index in [-0.39, 0.29) is 0 Å². The lowest BCUT2D eigenvalue weighted by atomic mass is 9.71. The van der Waals surface area contributed by atoms with Crippen molar-refractivity contribution >= 4 is 11.3 Å². The monoisotopic (exact) mass is 305 g/mol. The van der Waals surface area contributed by atoms with Crippen molar-refractivity contribution in [1.82, 2.24) is 5.32 Å². The lowest BCUT2D eigenvalue weighted by Crippen LogP contribution is -2.46. The minimum absolute atomic E-state index is 0.619. The van der Waals surface area contributed by atoms with E-state index in [9.17, 15) is 0 Å². The van der Waals surface area contributed by atoms with Gasteiger partial charge in [0.1, 0.15) is 0 Å². The second-order valence-corrected chi connectivity index (χ2v) is 8.14. The topological polar surface area (TPSA) is 12.0 Å². The molecule has 1 N–H and O–H groups in total. The molecule has 21 heavy (non-hydrogen) atoms. The molecule has 1 heterocycles. The summed E-state index contributed by atoms with van der Waals surface area (Å²) in [6, 6.07) is 3.69. The number of nitrogens with one attached hydrogen (secondary N) is 1. The molecule has 0 aromatic carbocycles. The highest BCUT2D eigenvalue weighted by molar-refractivity contribution is 7.07. The van der Waals surface area contributed by atoms with Gasteiger partial charge in [-0.15, -0.1) is 0 Å². The fraction of sp³-hybridized carbons (Fsp3) is 0.789. The summed E-state index contributed by atoms with van der Waals surface area (Å²) in [5.41, 5.74) is 1.50. The molecular formula is C19H31NS.